The molecule has 162 valence electrons. The molecular formula is C22H27ClN2O4S. The fourth-order valence-electron chi connectivity index (χ4n) is 3.75. The molecular weight excluding hydrogens is 424 g/mol. The largest absolute Gasteiger partial charge is 0.385 e. The van der Waals surface area contributed by atoms with Crippen LogP contribution in [0.15, 0.2) is 35.7 Å². The summed E-state index contributed by atoms with van der Waals surface area (Å²) < 4.78 is 10.1. The molecule has 8 heteroatoms. The summed E-state index contributed by atoms with van der Waals surface area (Å²) in [6, 6.07) is 9.53. The van der Waals surface area contributed by atoms with Gasteiger partial charge in [0.1, 0.15) is 6.61 Å². The van der Waals surface area contributed by atoms with Gasteiger partial charge in [0.25, 0.3) is 0 Å². The molecule has 0 bridgehead atoms. The maximum Gasteiger partial charge on any atom is 0.249 e. The van der Waals surface area contributed by atoms with Crippen molar-refractivity contribution in [2.45, 2.75) is 18.9 Å². The maximum absolute atomic E-state index is 13.4. The third-order valence-corrected chi connectivity index (χ3v) is 6.44. The zero-order valence-electron chi connectivity index (χ0n) is 17.3. The molecule has 2 amide bonds. The smallest absolute Gasteiger partial charge is 0.249 e. The number of benzene rings is 1. The molecule has 2 aromatic rings. The Morgan fingerprint density at radius 2 is 1.97 bits per heavy atom. The van der Waals surface area contributed by atoms with Crippen molar-refractivity contribution in [1.82, 2.24) is 9.80 Å². The number of hydrogen-bond donors (Lipinski definition) is 0. The van der Waals surface area contributed by atoms with Gasteiger partial charge in [0.05, 0.1) is 12.6 Å². The summed E-state index contributed by atoms with van der Waals surface area (Å²) in [6.07, 6.45) is 1.48. The molecule has 1 aromatic carbocycles. The Bertz CT molecular complexity index is 855. The van der Waals surface area contributed by atoms with Crippen molar-refractivity contribution in [3.63, 3.8) is 0 Å². The van der Waals surface area contributed by atoms with Crippen LogP contribution >= 0.6 is 22.9 Å². The molecule has 0 radical (unpaired) electrons. The second-order valence-electron chi connectivity index (χ2n) is 7.18. The highest BCUT2D eigenvalue weighted by molar-refractivity contribution is 7.10. The SMILES string of the molecule is COCCCN(CC(=O)N1CCc2sccc2C1c1ccc(Cl)cc1)C(=O)COC. The van der Waals surface area contributed by atoms with Gasteiger partial charge in [-0.1, -0.05) is 23.7 Å². The van der Waals surface area contributed by atoms with Crippen LogP contribution in [0.4, 0.5) is 0 Å². The van der Waals surface area contributed by atoms with Gasteiger partial charge in [0.15, 0.2) is 0 Å². The van der Waals surface area contributed by atoms with E-state index in [9.17, 15) is 9.59 Å². The van der Waals surface area contributed by atoms with E-state index in [0.717, 1.165) is 17.5 Å². The van der Waals surface area contributed by atoms with Crippen LogP contribution < -0.4 is 0 Å². The minimum absolute atomic E-state index is 0.0233. The number of rotatable bonds is 9. The van der Waals surface area contributed by atoms with Crippen LogP contribution in [0.5, 0.6) is 0 Å². The van der Waals surface area contributed by atoms with Gasteiger partial charge in [-0.25, -0.2) is 0 Å². The number of fused-ring (bicyclic) bond motifs is 1. The Balaban J connectivity index is 1.82. The fourth-order valence-corrected chi connectivity index (χ4v) is 4.78. The molecule has 2 heterocycles. The topological polar surface area (TPSA) is 59.1 Å². The number of hydrogen-bond acceptors (Lipinski definition) is 5. The van der Waals surface area contributed by atoms with E-state index < -0.39 is 0 Å². The van der Waals surface area contributed by atoms with Gasteiger partial charge in [0.2, 0.25) is 11.8 Å². The van der Waals surface area contributed by atoms with Crippen molar-refractivity contribution >= 4 is 34.8 Å². The molecule has 1 aliphatic rings. The molecule has 6 nitrogen and oxygen atoms in total. The first kappa shape index (κ1) is 22.7. The summed E-state index contributed by atoms with van der Waals surface area (Å²) in [7, 11) is 3.10. The highest BCUT2D eigenvalue weighted by atomic mass is 35.5. The Kier molecular flexibility index (Phi) is 8.27. The summed E-state index contributed by atoms with van der Waals surface area (Å²) in [5, 5.41) is 2.73. The van der Waals surface area contributed by atoms with Gasteiger partial charge in [0, 0.05) is 43.8 Å². The number of carbonyl (C=O) groups excluding carboxylic acids is 2. The van der Waals surface area contributed by atoms with Crippen LogP contribution in [0.3, 0.4) is 0 Å². The Morgan fingerprint density at radius 3 is 2.67 bits per heavy atom. The minimum Gasteiger partial charge on any atom is -0.385 e. The lowest BCUT2D eigenvalue weighted by atomic mass is 9.93. The number of ether oxygens (including phenoxy) is 2. The van der Waals surface area contributed by atoms with E-state index in [1.54, 1.807) is 23.3 Å². The van der Waals surface area contributed by atoms with Crippen LogP contribution in [0.25, 0.3) is 0 Å². The van der Waals surface area contributed by atoms with Crippen molar-refractivity contribution in [2.75, 3.05) is 47.1 Å². The van der Waals surface area contributed by atoms with Crippen LogP contribution in [-0.2, 0) is 25.5 Å². The summed E-state index contributed by atoms with van der Waals surface area (Å²) in [5.74, 6) is -0.271. The zero-order chi connectivity index (χ0) is 21.5. The van der Waals surface area contributed by atoms with E-state index >= 15 is 0 Å². The first-order valence-electron chi connectivity index (χ1n) is 9.92. The highest BCUT2D eigenvalue weighted by Gasteiger charge is 2.33. The predicted molar refractivity (Wildman–Crippen MR) is 118 cm³/mol. The molecule has 1 atom stereocenters. The van der Waals surface area contributed by atoms with Crippen LogP contribution in [-0.4, -0.2) is 68.7 Å². The average molecular weight is 451 g/mol. The first-order valence-corrected chi connectivity index (χ1v) is 11.2. The van der Waals surface area contributed by atoms with E-state index in [1.807, 2.05) is 29.2 Å². The van der Waals surface area contributed by atoms with E-state index in [-0.39, 0.29) is 31.0 Å². The van der Waals surface area contributed by atoms with E-state index in [2.05, 4.69) is 11.4 Å². The van der Waals surface area contributed by atoms with Gasteiger partial charge in [-0.05, 0) is 47.5 Å². The van der Waals surface area contributed by atoms with Gasteiger partial charge in [-0.2, -0.15) is 0 Å². The Morgan fingerprint density at radius 1 is 1.20 bits per heavy atom. The third kappa shape index (κ3) is 5.40. The Labute approximate surface area is 186 Å². The average Bonchev–Trinajstić information content (AvgIpc) is 3.22. The van der Waals surface area contributed by atoms with Gasteiger partial charge >= 0.3 is 0 Å². The number of carbonyl (C=O) groups is 2. The monoisotopic (exact) mass is 450 g/mol. The van der Waals surface area contributed by atoms with Gasteiger partial charge in [-0.3, -0.25) is 9.59 Å². The molecule has 0 saturated carbocycles. The van der Waals surface area contributed by atoms with E-state index in [4.69, 9.17) is 21.1 Å². The van der Waals surface area contributed by atoms with Gasteiger partial charge in [-0.15, -0.1) is 11.3 Å². The normalized spacial score (nSPS) is 15.7. The van der Waals surface area contributed by atoms with E-state index in [1.165, 1.54) is 12.0 Å². The van der Waals surface area contributed by atoms with Crippen molar-refractivity contribution in [1.29, 1.82) is 0 Å². The number of nitrogens with zero attached hydrogens (tertiary/aromatic N) is 2. The second kappa shape index (κ2) is 10.9. The lowest BCUT2D eigenvalue weighted by molar-refractivity contribution is -0.143. The zero-order valence-corrected chi connectivity index (χ0v) is 18.9. The molecule has 0 aliphatic carbocycles. The molecule has 1 aromatic heterocycles. The maximum atomic E-state index is 13.4. The van der Waals surface area contributed by atoms with E-state index in [0.29, 0.717) is 31.1 Å². The summed E-state index contributed by atoms with van der Waals surface area (Å²) >= 11 is 7.80. The Hall–Kier alpha value is -1.93. The van der Waals surface area contributed by atoms with Crippen molar-refractivity contribution in [3.8, 4) is 0 Å². The van der Waals surface area contributed by atoms with Crippen LogP contribution in [0, 0.1) is 0 Å². The minimum atomic E-state index is -0.196. The van der Waals surface area contributed by atoms with Crippen LogP contribution in [0.2, 0.25) is 5.02 Å². The lowest BCUT2D eigenvalue weighted by Gasteiger charge is -2.37. The molecule has 0 fully saturated rings. The predicted octanol–water partition coefficient (Wildman–Crippen LogP) is 3.39. The summed E-state index contributed by atoms with van der Waals surface area (Å²) in [5.41, 5.74) is 2.16. The lowest BCUT2D eigenvalue weighted by Crippen LogP contribution is -2.47. The van der Waals surface area contributed by atoms with Crippen LogP contribution in [0.1, 0.15) is 28.5 Å². The molecule has 0 spiro atoms. The van der Waals surface area contributed by atoms with Crippen molar-refractivity contribution in [3.05, 3.63) is 56.7 Å². The number of methoxy groups -OCH3 is 2. The molecule has 1 aliphatic heterocycles. The number of halogens is 1. The van der Waals surface area contributed by atoms with Crippen molar-refractivity contribution in [2.24, 2.45) is 0 Å². The highest BCUT2D eigenvalue weighted by Crippen LogP contribution is 2.38. The fraction of sp³-hybridized carbons (Fsp3) is 0.455. The molecule has 1 unspecified atom stereocenters. The number of amides is 2. The molecule has 3 rings (SSSR count). The molecule has 30 heavy (non-hydrogen) atoms. The second-order valence-corrected chi connectivity index (χ2v) is 8.62. The summed E-state index contributed by atoms with van der Waals surface area (Å²) in [4.78, 5) is 30.6. The first-order chi connectivity index (χ1) is 14.5. The molecule has 0 saturated heterocycles. The quantitative estimate of drug-likeness (QED) is 0.549. The summed E-state index contributed by atoms with van der Waals surface area (Å²) in [6.45, 7) is 1.57. The number of thiophene rings is 1. The third-order valence-electron chi connectivity index (χ3n) is 5.20. The standard InChI is InChI=1S/C22H27ClN2O4S/c1-28-12-3-10-24(21(27)15-29-2)14-20(26)25-11-8-19-18(9-13-30-19)22(25)16-4-6-17(23)7-5-16/h4-7,9,13,22H,3,8,10-12,14-15H2,1-2H3. The van der Waals surface area contributed by atoms with Crippen molar-refractivity contribution < 1.29 is 19.1 Å². The van der Waals surface area contributed by atoms with Gasteiger partial charge < -0.3 is 19.3 Å². The molecule has 0 N–H and O–H groups in total.